The number of piperidine rings is 1. The maximum absolute atomic E-state index is 13.0. The summed E-state index contributed by atoms with van der Waals surface area (Å²) in [6, 6.07) is 15.1. The van der Waals surface area contributed by atoms with Gasteiger partial charge in [-0.3, -0.25) is 14.2 Å². The van der Waals surface area contributed by atoms with Gasteiger partial charge < -0.3 is 14.5 Å². The van der Waals surface area contributed by atoms with E-state index in [0.29, 0.717) is 17.1 Å². The van der Waals surface area contributed by atoms with Gasteiger partial charge in [0, 0.05) is 37.3 Å². The summed E-state index contributed by atoms with van der Waals surface area (Å²) in [5, 5.41) is 9.64. The lowest BCUT2D eigenvalue weighted by atomic mass is 10.1. The number of carbonyl (C=O) groups excluding carboxylic acids is 2. The molecule has 3 heterocycles. The van der Waals surface area contributed by atoms with Crippen molar-refractivity contribution in [3.05, 3.63) is 54.1 Å². The van der Waals surface area contributed by atoms with Crippen LogP contribution in [0.1, 0.15) is 42.5 Å². The lowest BCUT2D eigenvalue weighted by molar-refractivity contribution is -0.117. The molecule has 2 fully saturated rings. The average molecular weight is 492 g/mol. The number of amides is 1. The van der Waals surface area contributed by atoms with Crippen LogP contribution in [-0.4, -0.2) is 59.0 Å². The van der Waals surface area contributed by atoms with Gasteiger partial charge in [-0.25, -0.2) is 0 Å². The Bertz CT molecular complexity index is 1200. The van der Waals surface area contributed by atoms with Crippen molar-refractivity contribution in [3.8, 4) is 11.4 Å². The number of rotatable bonds is 8. The number of ether oxygens (including phenoxy) is 1. The molecule has 8 nitrogen and oxygen atoms in total. The summed E-state index contributed by atoms with van der Waals surface area (Å²) in [5.41, 5.74) is 2.32. The van der Waals surface area contributed by atoms with Gasteiger partial charge in [-0.15, -0.1) is 10.2 Å². The van der Waals surface area contributed by atoms with E-state index in [0.717, 1.165) is 62.0 Å². The van der Waals surface area contributed by atoms with Gasteiger partial charge in [0.05, 0.1) is 18.6 Å². The highest BCUT2D eigenvalue weighted by atomic mass is 32.2. The summed E-state index contributed by atoms with van der Waals surface area (Å²) in [5.74, 6) is 1.88. The van der Waals surface area contributed by atoms with Crippen LogP contribution < -0.4 is 14.5 Å². The number of carbonyl (C=O) groups is 2. The zero-order chi connectivity index (χ0) is 24.2. The molecule has 182 valence electrons. The van der Waals surface area contributed by atoms with Gasteiger partial charge >= 0.3 is 0 Å². The average Bonchev–Trinajstić information content (AvgIpc) is 3.54. The van der Waals surface area contributed by atoms with Crippen LogP contribution >= 0.6 is 11.8 Å². The highest BCUT2D eigenvalue weighted by Crippen LogP contribution is 2.33. The van der Waals surface area contributed by atoms with E-state index in [9.17, 15) is 9.59 Å². The summed E-state index contributed by atoms with van der Waals surface area (Å²) in [6.45, 7) is 2.60. The molecule has 2 saturated heterocycles. The molecule has 5 rings (SSSR count). The SMILES string of the molecule is COc1ccccc1-n1c(SCC(=O)c2ccc(N3CCCC3=O)cc2)nnc1N1CCCCC1. The summed E-state index contributed by atoms with van der Waals surface area (Å²) < 4.78 is 7.63. The Morgan fingerprint density at radius 3 is 2.46 bits per heavy atom. The molecule has 2 aliphatic rings. The molecule has 2 aliphatic heterocycles. The van der Waals surface area contributed by atoms with Crippen LogP contribution in [0.25, 0.3) is 5.69 Å². The lowest BCUT2D eigenvalue weighted by Gasteiger charge is -2.28. The summed E-state index contributed by atoms with van der Waals surface area (Å²) >= 11 is 1.37. The molecule has 0 bridgehead atoms. The third-order valence-electron chi connectivity index (χ3n) is 6.49. The largest absolute Gasteiger partial charge is 0.495 e. The van der Waals surface area contributed by atoms with Crippen molar-refractivity contribution >= 4 is 35.1 Å². The Hall–Kier alpha value is -3.33. The number of nitrogens with zero attached hydrogens (tertiary/aromatic N) is 5. The van der Waals surface area contributed by atoms with Crippen LogP contribution in [0.15, 0.2) is 53.7 Å². The van der Waals surface area contributed by atoms with Crippen molar-refractivity contribution in [1.29, 1.82) is 0 Å². The maximum Gasteiger partial charge on any atom is 0.232 e. The van der Waals surface area contributed by atoms with Crippen LogP contribution in [0.5, 0.6) is 5.75 Å². The van der Waals surface area contributed by atoms with Gasteiger partial charge in [0.15, 0.2) is 10.9 Å². The third kappa shape index (κ3) is 4.91. The van der Waals surface area contributed by atoms with Crippen molar-refractivity contribution in [2.24, 2.45) is 0 Å². The molecular formula is C26H29N5O3S. The number of aromatic nitrogens is 3. The number of hydrogen-bond acceptors (Lipinski definition) is 7. The Morgan fingerprint density at radius 2 is 1.74 bits per heavy atom. The van der Waals surface area contributed by atoms with Gasteiger partial charge in [-0.1, -0.05) is 23.9 Å². The number of ketones is 1. The van der Waals surface area contributed by atoms with Crippen LogP contribution in [0.4, 0.5) is 11.6 Å². The molecule has 9 heteroatoms. The molecule has 0 unspecified atom stereocenters. The second-order valence-corrected chi connectivity index (χ2v) is 9.69. The molecule has 35 heavy (non-hydrogen) atoms. The van der Waals surface area contributed by atoms with E-state index in [1.807, 2.05) is 41.0 Å². The van der Waals surface area contributed by atoms with E-state index >= 15 is 0 Å². The highest BCUT2D eigenvalue weighted by Gasteiger charge is 2.24. The molecule has 0 saturated carbocycles. The predicted molar refractivity (Wildman–Crippen MR) is 137 cm³/mol. The minimum atomic E-state index is 0.00315. The van der Waals surface area contributed by atoms with E-state index in [-0.39, 0.29) is 17.4 Å². The Balaban J connectivity index is 1.36. The monoisotopic (exact) mass is 491 g/mol. The molecule has 3 aromatic rings. The Kier molecular flexibility index (Phi) is 7.03. The summed E-state index contributed by atoms with van der Waals surface area (Å²) in [7, 11) is 1.65. The van der Waals surface area contributed by atoms with Crippen LogP contribution in [0.2, 0.25) is 0 Å². The molecule has 0 aliphatic carbocycles. The molecule has 0 radical (unpaired) electrons. The van der Waals surface area contributed by atoms with Crippen molar-refractivity contribution < 1.29 is 14.3 Å². The normalized spacial score (nSPS) is 16.1. The van der Waals surface area contributed by atoms with Gasteiger partial charge in [-0.2, -0.15) is 0 Å². The Morgan fingerprint density at radius 1 is 0.971 bits per heavy atom. The number of hydrogen-bond donors (Lipinski definition) is 0. The van der Waals surface area contributed by atoms with Crippen molar-refractivity contribution in [3.63, 3.8) is 0 Å². The standard InChI is InChI=1S/C26H29N5O3S/c1-34-23-9-4-3-8-21(23)31-25(29-15-5-2-6-16-29)27-28-26(31)35-18-22(32)19-11-13-20(14-12-19)30-17-7-10-24(30)33/h3-4,8-9,11-14H,2,5-7,10,15-18H2,1H3. The third-order valence-corrected chi connectivity index (χ3v) is 7.42. The fourth-order valence-electron chi connectivity index (χ4n) is 4.64. The first kappa shape index (κ1) is 23.4. The zero-order valence-corrected chi connectivity index (χ0v) is 20.7. The van der Waals surface area contributed by atoms with E-state index in [1.54, 1.807) is 24.1 Å². The van der Waals surface area contributed by atoms with Crippen LogP contribution in [0.3, 0.4) is 0 Å². The summed E-state index contributed by atoms with van der Waals surface area (Å²) in [6.07, 6.45) is 4.93. The van der Waals surface area contributed by atoms with E-state index in [2.05, 4.69) is 15.1 Å². The smallest absolute Gasteiger partial charge is 0.232 e. The number of Topliss-reactive ketones (excluding diaryl/α,β-unsaturated/α-hetero) is 1. The number of para-hydroxylation sites is 2. The molecule has 0 N–H and O–H groups in total. The van der Waals surface area contributed by atoms with E-state index in [1.165, 1.54) is 18.2 Å². The molecule has 1 amide bonds. The molecule has 2 aromatic carbocycles. The van der Waals surface area contributed by atoms with E-state index < -0.39 is 0 Å². The maximum atomic E-state index is 13.0. The van der Waals surface area contributed by atoms with Crippen LogP contribution in [0, 0.1) is 0 Å². The zero-order valence-electron chi connectivity index (χ0n) is 19.9. The predicted octanol–water partition coefficient (Wildman–Crippen LogP) is 4.37. The second kappa shape index (κ2) is 10.5. The number of benzene rings is 2. The first-order chi connectivity index (χ1) is 17.2. The molecular weight excluding hydrogens is 462 g/mol. The number of methoxy groups -OCH3 is 1. The fourth-order valence-corrected chi connectivity index (χ4v) is 5.48. The van der Waals surface area contributed by atoms with Gasteiger partial charge in [0.1, 0.15) is 5.75 Å². The van der Waals surface area contributed by atoms with E-state index in [4.69, 9.17) is 4.74 Å². The first-order valence-electron chi connectivity index (χ1n) is 12.1. The number of thioether (sulfide) groups is 1. The van der Waals surface area contributed by atoms with Gasteiger partial charge in [-0.05, 0) is 62.1 Å². The quantitative estimate of drug-likeness (QED) is 0.342. The highest BCUT2D eigenvalue weighted by molar-refractivity contribution is 7.99. The minimum Gasteiger partial charge on any atom is -0.495 e. The summed E-state index contributed by atoms with van der Waals surface area (Å²) in [4.78, 5) is 29.0. The first-order valence-corrected chi connectivity index (χ1v) is 13.0. The second-order valence-electron chi connectivity index (χ2n) is 8.75. The minimum absolute atomic E-state index is 0.00315. The van der Waals surface area contributed by atoms with Crippen molar-refractivity contribution in [2.75, 3.05) is 42.3 Å². The molecule has 1 aromatic heterocycles. The topological polar surface area (TPSA) is 80.6 Å². The fraction of sp³-hybridized carbons (Fsp3) is 0.385. The van der Waals surface area contributed by atoms with Gasteiger partial charge in [0.2, 0.25) is 11.9 Å². The van der Waals surface area contributed by atoms with Crippen molar-refractivity contribution in [2.45, 2.75) is 37.3 Å². The van der Waals surface area contributed by atoms with Crippen molar-refractivity contribution in [1.82, 2.24) is 14.8 Å². The molecule has 0 spiro atoms. The van der Waals surface area contributed by atoms with Gasteiger partial charge in [0.25, 0.3) is 0 Å². The molecule has 0 atom stereocenters. The van der Waals surface area contributed by atoms with Crippen LogP contribution in [-0.2, 0) is 4.79 Å². The number of anilines is 2. The lowest BCUT2D eigenvalue weighted by Crippen LogP contribution is -2.31. The Labute approximate surface area is 209 Å².